The lowest BCUT2D eigenvalue weighted by molar-refractivity contribution is 0.0953. The number of para-hydroxylation sites is 2. The summed E-state index contributed by atoms with van der Waals surface area (Å²) in [4.78, 5) is 26.8. The van der Waals surface area contributed by atoms with Crippen LogP contribution in [0.4, 0.5) is 16.2 Å². The number of amides is 3. The summed E-state index contributed by atoms with van der Waals surface area (Å²) in [5.41, 5.74) is 3.23. The molecule has 0 saturated carbocycles. The number of urea groups is 1. The molecule has 0 bridgehead atoms. The fourth-order valence-corrected chi connectivity index (χ4v) is 2.98. The van der Waals surface area contributed by atoms with Gasteiger partial charge in [-0.15, -0.1) is 0 Å². The molecule has 3 aromatic carbocycles. The fraction of sp³-hybridized carbons (Fsp3) is 0.167. The van der Waals surface area contributed by atoms with Crippen LogP contribution in [0.15, 0.2) is 84.9 Å². The first-order valence-electron chi connectivity index (χ1n) is 9.67. The van der Waals surface area contributed by atoms with E-state index in [-0.39, 0.29) is 11.9 Å². The first kappa shape index (κ1) is 20.1. The second kappa shape index (κ2) is 10.1. The van der Waals surface area contributed by atoms with Gasteiger partial charge in [0.25, 0.3) is 5.91 Å². The van der Waals surface area contributed by atoms with E-state index in [0.29, 0.717) is 25.1 Å². The van der Waals surface area contributed by atoms with Crippen molar-refractivity contribution in [3.05, 3.63) is 96.1 Å². The van der Waals surface area contributed by atoms with Gasteiger partial charge in [-0.25, -0.2) is 4.79 Å². The standard InChI is InChI=1S/C24H25N3O2/c1-19-11-8-9-16-22(19)26-24(29)27(21-14-6-3-7-15-21)18-10-17-25-23(28)20-12-4-2-5-13-20/h2-9,11-16H,10,17-18H2,1H3,(H,25,28)(H,26,29). The summed E-state index contributed by atoms with van der Waals surface area (Å²) in [7, 11) is 0. The van der Waals surface area contributed by atoms with E-state index in [2.05, 4.69) is 10.6 Å². The third-order valence-electron chi connectivity index (χ3n) is 4.58. The summed E-state index contributed by atoms with van der Waals surface area (Å²) in [6.45, 7) is 2.92. The lowest BCUT2D eigenvalue weighted by atomic mass is 10.2. The maximum absolute atomic E-state index is 12.9. The highest BCUT2D eigenvalue weighted by Crippen LogP contribution is 2.18. The number of hydrogen-bond donors (Lipinski definition) is 2. The smallest absolute Gasteiger partial charge is 0.326 e. The van der Waals surface area contributed by atoms with E-state index in [0.717, 1.165) is 16.9 Å². The number of aryl methyl sites for hydroxylation is 1. The van der Waals surface area contributed by atoms with Gasteiger partial charge in [-0.3, -0.25) is 9.69 Å². The largest absolute Gasteiger partial charge is 0.352 e. The second-order valence-corrected chi connectivity index (χ2v) is 6.71. The van der Waals surface area contributed by atoms with Gasteiger partial charge in [0.1, 0.15) is 0 Å². The molecule has 2 N–H and O–H groups in total. The van der Waals surface area contributed by atoms with Crippen molar-refractivity contribution >= 4 is 23.3 Å². The molecule has 0 atom stereocenters. The molecule has 29 heavy (non-hydrogen) atoms. The molecule has 3 aromatic rings. The number of carbonyl (C=O) groups is 2. The summed E-state index contributed by atoms with van der Waals surface area (Å²) in [6.07, 6.45) is 0.634. The number of hydrogen-bond acceptors (Lipinski definition) is 2. The highest BCUT2D eigenvalue weighted by atomic mass is 16.2. The van der Waals surface area contributed by atoms with Crippen molar-refractivity contribution < 1.29 is 9.59 Å². The predicted octanol–water partition coefficient (Wildman–Crippen LogP) is 4.85. The zero-order chi connectivity index (χ0) is 20.5. The Morgan fingerprint density at radius 3 is 2.14 bits per heavy atom. The molecule has 3 amide bonds. The summed E-state index contributed by atoms with van der Waals surface area (Å²) >= 11 is 0. The molecule has 0 aromatic heterocycles. The van der Waals surface area contributed by atoms with Crippen molar-refractivity contribution in [2.45, 2.75) is 13.3 Å². The maximum Gasteiger partial charge on any atom is 0.326 e. The van der Waals surface area contributed by atoms with Gasteiger partial charge in [-0.2, -0.15) is 0 Å². The van der Waals surface area contributed by atoms with Gasteiger partial charge >= 0.3 is 6.03 Å². The Balaban J connectivity index is 1.61. The maximum atomic E-state index is 12.9. The molecule has 0 radical (unpaired) electrons. The molecule has 0 saturated heterocycles. The van der Waals surface area contributed by atoms with E-state index in [1.165, 1.54) is 0 Å². The van der Waals surface area contributed by atoms with Crippen LogP contribution in [0.2, 0.25) is 0 Å². The summed E-state index contributed by atoms with van der Waals surface area (Å²) in [6, 6.07) is 26.1. The average molecular weight is 387 g/mol. The van der Waals surface area contributed by atoms with Crippen LogP contribution < -0.4 is 15.5 Å². The molecule has 0 aliphatic heterocycles. The minimum Gasteiger partial charge on any atom is -0.352 e. The van der Waals surface area contributed by atoms with E-state index in [9.17, 15) is 9.59 Å². The van der Waals surface area contributed by atoms with Crippen LogP contribution in [0.25, 0.3) is 0 Å². The molecule has 3 rings (SSSR count). The van der Waals surface area contributed by atoms with Crippen molar-refractivity contribution in [2.75, 3.05) is 23.3 Å². The van der Waals surface area contributed by atoms with E-state index in [1.807, 2.05) is 79.7 Å². The molecular weight excluding hydrogens is 362 g/mol. The minimum absolute atomic E-state index is 0.110. The Hall–Kier alpha value is -3.60. The molecular formula is C24H25N3O2. The number of rotatable bonds is 7. The van der Waals surface area contributed by atoms with Gasteiger partial charge in [0.2, 0.25) is 0 Å². The first-order valence-corrected chi connectivity index (χ1v) is 9.67. The predicted molar refractivity (Wildman–Crippen MR) is 117 cm³/mol. The van der Waals surface area contributed by atoms with Gasteiger partial charge in [0.05, 0.1) is 0 Å². The quantitative estimate of drug-likeness (QED) is 0.569. The minimum atomic E-state index is -0.195. The van der Waals surface area contributed by atoms with Gasteiger partial charge in [-0.05, 0) is 49.2 Å². The first-order chi connectivity index (χ1) is 14.1. The van der Waals surface area contributed by atoms with E-state index in [1.54, 1.807) is 17.0 Å². The summed E-state index contributed by atoms with van der Waals surface area (Å²) < 4.78 is 0. The molecule has 0 aliphatic rings. The lowest BCUT2D eigenvalue weighted by Crippen LogP contribution is -2.37. The molecule has 0 fully saturated rings. The number of benzene rings is 3. The normalized spacial score (nSPS) is 10.2. The molecule has 148 valence electrons. The monoisotopic (exact) mass is 387 g/mol. The van der Waals surface area contributed by atoms with Crippen LogP contribution in [0.3, 0.4) is 0 Å². The SMILES string of the molecule is Cc1ccccc1NC(=O)N(CCCNC(=O)c1ccccc1)c1ccccc1. The summed E-state index contributed by atoms with van der Waals surface area (Å²) in [5, 5.41) is 5.89. The third kappa shape index (κ3) is 5.69. The summed E-state index contributed by atoms with van der Waals surface area (Å²) in [5.74, 6) is -0.110. The zero-order valence-electron chi connectivity index (χ0n) is 16.5. The highest BCUT2D eigenvalue weighted by Gasteiger charge is 2.16. The Morgan fingerprint density at radius 1 is 0.828 bits per heavy atom. The van der Waals surface area contributed by atoms with Gasteiger partial charge in [0, 0.05) is 30.0 Å². The van der Waals surface area contributed by atoms with Crippen LogP contribution in [-0.2, 0) is 0 Å². The van der Waals surface area contributed by atoms with E-state index in [4.69, 9.17) is 0 Å². The van der Waals surface area contributed by atoms with Gasteiger partial charge < -0.3 is 10.6 Å². The van der Waals surface area contributed by atoms with Crippen LogP contribution >= 0.6 is 0 Å². The Bertz CT molecular complexity index is 943. The van der Waals surface area contributed by atoms with E-state index < -0.39 is 0 Å². The van der Waals surface area contributed by atoms with Crippen molar-refractivity contribution in [2.24, 2.45) is 0 Å². The second-order valence-electron chi connectivity index (χ2n) is 6.71. The Morgan fingerprint density at radius 2 is 1.45 bits per heavy atom. The zero-order valence-corrected chi connectivity index (χ0v) is 16.5. The molecule has 5 nitrogen and oxygen atoms in total. The van der Waals surface area contributed by atoms with Crippen LogP contribution in [0.5, 0.6) is 0 Å². The number of anilines is 2. The van der Waals surface area contributed by atoms with Crippen LogP contribution in [-0.4, -0.2) is 25.0 Å². The Labute approximate surface area is 171 Å². The topological polar surface area (TPSA) is 61.4 Å². The van der Waals surface area contributed by atoms with Crippen molar-refractivity contribution in [1.29, 1.82) is 0 Å². The molecule has 5 heteroatoms. The fourth-order valence-electron chi connectivity index (χ4n) is 2.98. The molecule has 0 unspecified atom stereocenters. The van der Waals surface area contributed by atoms with Crippen molar-refractivity contribution in [3.63, 3.8) is 0 Å². The number of nitrogens with one attached hydrogen (secondary N) is 2. The van der Waals surface area contributed by atoms with Crippen LogP contribution in [0.1, 0.15) is 22.3 Å². The van der Waals surface area contributed by atoms with Gasteiger partial charge in [-0.1, -0.05) is 54.6 Å². The number of nitrogens with zero attached hydrogens (tertiary/aromatic N) is 1. The van der Waals surface area contributed by atoms with Crippen molar-refractivity contribution in [3.8, 4) is 0 Å². The lowest BCUT2D eigenvalue weighted by Gasteiger charge is -2.24. The van der Waals surface area contributed by atoms with E-state index >= 15 is 0 Å². The van der Waals surface area contributed by atoms with Crippen LogP contribution in [0, 0.1) is 6.92 Å². The van der Waals surface area contributed by atoms with Crippen molar-refractivity contribution in [1.82, 2.24) is 5.32 Å². The average Bonchev–Trinajstić information content (AvgIpc) is 2.76. The number of carbonyl (C=O) groups excluding carboxylic acids is 2. The molecule has 0 heterocycles. The highest BCUT2D eigenvalue weighted by molar-refractivity contribution is 6.02. The Kier molecular flexibility index (Phi) is 7.00. The third-order valence-corrected chi connectivity index (χ3v) is 4.58. The molecule has 0 aliphatic carbocycles. The molecule has 0 spiro atoms. The van der Waals surface area contributed by atoms with Gasteiger partial charge in [0.15, 0.2) is 0 Å².